The number of benzene rings is 1. The molecular weight excluding hydrogens is 560 g/mol. The summed E-state index contributed by atoms with van der Waals surface area (Å²) in [5, 5.41) is 17.2. The highest BCUT2D eigenvalue weighted by Gasteiger charge is 2.48. The van der Waals surface area contributed by atoms with Gasteiger partial charge in [-0.3, -0.25) is 9.16 Å². The van der Waals surface area contributed by atoms with Gasteiger partial charge in [0, 0.05) is 67.1 Å². The summed E-state index contributed by atoms with van der Waals surface area (Å²) in [6.45, 7) is 1.44. The first-order valence-electron chi connectivity index (χ1n) is 14.4. The van der Waals surface area contributed by atoms with Crippen LogP contribution in [0.3, 0.4) is 0 Å². The van der Waals surface area contributed by atoms with Crippen LogP contribution < -0.4 is 10.2 Å². The molecule has 222 valence electrons. The van der Waals surface area contributed by atoms with E-state index in [0.717, 1.165) is 29.9 Å². The molecule has 3 aliphatic rings. The topological polar surface area (TPSA) is 119 Å². The van der Waals surface area contributed by atoms with Gasteiger partial charge in [-0.15, -0.1) is 10.1 Å². The van der Waals surface area contributed by atoms with Crippen LogP contribution in [-0.2, 0) is 14.9 Å². The van der Waals surface area contributed by atoms with Crippen LogP contribution in [0, 0.1) is 23.1 Å². The average molecular weight is 596 g/mol. The fourth-order valence-electron chi connectivity index (χ4n) is 6.09. The molecule has 0 bridgehead atoms. The zero-order valence-corrected chi connectivity index (χ0v) is 24.4. The zero-order chi connectivity index (χ0) is 29.5. The molecule has 0 radical (unpaired) electrons. The summed E-state index contributed by atoms with van der Waals surface area (Å²) in [5.41, 5.74) is 2.29. The van der Waals surface area contributed by atoms with Gasteiger partial charge in [-0.2, -0.15) is 10.4 Å². The molecule has 42 heavy (non-hydrogen) atoms. The Labute approximate surface area is 244 Å². The minimum atomic E-state index is -2.18. The maximum Gasteiger partial charge on any atom is 0.225 e. The predicted octanol–water partition coefficient (Wildman–Crippen LogP) is 4.46. The molecule has 3 fully saturated rings. The number of nitriles is 1. The maximum atomic E-state index is 14.8. The van der Waals surface area contributed by atoms with Gasteiger partial charge in [0.2, 0.25) is 5.91 Å². The second kappa shape index (κ2) is 11.2. The Kier molecular flexibility index (Phi) is 7.57. The molecule has 1 aromatic carbocycles. The van der Waals surface area contributed by atoms with Crippen LogP contribution in [0.2, 0.25) is 0 Å². The van der Waals surface area contributed by atoms with Gasteiger partial charge in [-0.05, 0) is 61.9 Å². The lowest BCUT2D eigenvalue weighted by atomic mass is 9.74. The van der Waals surface area contributed by atoms with Crippen molar-refractivity contribution >= 4 is 21.7 Å². The quantitative estimate of drug-likeness (QED) is 0.362. The Morgan fingerprint density at radius 1 is 1.21 bits per heavy atom. The predicted molar refractivity (Wildman–Crippen MR) is 159 cm³/mol. The number of halogens is 2. The molecule has 1 saturated heterocycles. The van der Waals surface area contributed by atoms with Crippen LogP contribution in [0.25, 0.3) is 16.9 Å². The number of rotatable bonds is 6. The van der Waals surface area contributed by atoms with E-state index in [1.165, 1.54) is 23.0 Å². The maximum absolute atomic E-state index is 14.8. The fraction of sp³-hybridized carbons (Fsp3) is 0.467. The number of hydrogen-bond acceptors (Lipinski definition) is 6. The van der Waals surface area contributed by atoms with Crippen molar-refractivity contribution < 1.29 is 18.1 Å². The molecule has 2 saturated carbocycles. The van der Waals surface area contributed by atoms with E-state index in [9.17, 15) is 23.4 Å². The lowest BCUT2D eigenvalue weighted by molar-refractivity contribution is -0.128. The molecule has 12 heteroatoms. The number of nitrogens with one attached hydrogen (secondary N) is 1. The summed E-state index contributed by atoms with van der Waals surface area (Å²) in [4.78, 5) is 19.9. The number of nitrogens with zero attached hydrogens (tertiary/aromatic N) is 6. The van der Waals surface area contributed by atoms with Gasteiger partial charge in [0.05, 0.1) is 11.8 Å². The number of pyridine rings is 1. The van der Waals surface area contributed by atoms with Gasteiger partial charge in [0.25, 0.3) is 0 Å². The van der Waals surface area contributed by atoms with Crippen LogP contribution >= 0.6 is 0 Å². The largest absolute Gasteiger partial charge is 0.370 e. The highest BCUT2D eigenvalue weighted by atomic mass is 32.3. The number of thiol groups is 1. The van der Waals surface area contributed by atoms with Gasteiger partial charge < -0.3 is 14.8 Å². The van der Waals surface area contributed by atoms with Crippen molar-refractivity contribution in [3.8, 4) is 23.0 Å². The first-order valence-corrected chi connectivity index (χ1v) is 16.4. The smallest absolute Gasteiger partial charge is 0.225 e. The Balaban J connectivity index is 1.35. The van der Waals surface area contributed by atoms with Crippen molar-refractivity contribution in [1.29, 1.82) is 5.26 Å². The molecule has 2 aromatic heterocycles. The summed E-state index contributed by atoms with van der Waals surface area (Å²) in [7, 11) is -0.495. The molecular formula is C30H35F2N7O2S. The number of carbonyl (C=O) groups excluding carboxylic acids is 1. The first-order chi connectivity index (χ1) is 20.2. The molecule has 6 rings (SSSR count). The average Bonchev–Trinajstić information content (AvgIpc) is 3.65. The molecule has 3 atom stereocenters. The fourth-order valence-corrected chi connectivity index (χ4v) is 7.83. The Morgan fingerprint density at radius 3 is 2.60 bits per heavy atom. The molecule has 1 aliphatic heterocycles. The minimum Gasteiger partial charge on any atom is -0.370 e. The zero-order valence-electron chi connectivity index (χ0n) is 23.5. The number of amides is 1. The standard InChI is InChI=1S/C30H35F2N7O2S/c1-34-42(41)15-13-38(14-16-42)22-7-4-20(5-8-22)25-18-39(28-26(32)3-2-12-35-28)37-27(25)23-9-6-21(31)17-24(23)29(40)36-30(19-33)10-11-30/h2-5,7-8,12,18,21,23-24,42H,6,9-11,13-17H2,1H3,(H,34,41)(H,36,40)/t21-,23+,24+/m0/s1. The minimum absolute atomic E-state index is 0.0358. The third-order valence-electron chi connectivity index (χ3n) is 8.87. The van der Waals surface area contributed by atoms with Crippen molar-refractivity contribution in [3.63, 3.8) is 0 Å². The lowest BCUT2D eigenvalue weighted by Gasteiger charge is -2.37. The van der Waals surface area contributed by atoms with Gasteiger partial charge in [-0.25, -0.2) is 18.4 Å². The molecule has 0 unspecified atom stereocenters. The summed E-state index contributed by atoms with van der Waals surface area (Å²) in [6, 6.07) is 13.0. The summed E-state index contributed by atoms with van der Waals surface area (Å²) in [6.07, 6.45) is 3.97. The third-order valence-corrected chi connectivity index (χ3v) is 11.4. The van der Waals surface area contributed by atoms with Crippen molar-refractivity contribution in [2.45, 2.75) is 49.7 Å². The monoisotopic (exact) mass is 595 g/mol. The highest BCUT2D eigenvalue weighted by molar-refractivity contribution is 8.00. The Morgan fingerprint density at radius 2 is 1.95 bits per heavy atom. The number of aromatic nitrogens is 3. The number of carbonyl (C=O) groups is 1. The SMILES string of the molecule is CN=[SH]1(O)CCN(c2ccc(-c3cn(-c4ncccc4F)nc3[C@@H]3CC[C@H](F)C[C@H]3C(=O)NC3(C#N)CC3)cc2)CC1. The number of alkyl halides is 1. The van der Waals surface area contributed by atoms with Crippen LogP contribution in [0.4, 0.5) is 14.5 Å². The van der Waals surface area contributed by atoms with Crippen molar-refractivity contribution in [3.05, 3.63) is 60.3 Å². The number of anilines is 1. The molecule has 1 amide bonds. The summed E-state index contributed by atoms with van der Waals surface area (Å²) in [5.74, 6) is -0.657. The van der Waals surface area contributed by atoms with Gasteiger partial charge >= 0.3 is 0 Å². The molecule has 3 heterocycles. The van der Waals surface area contributed by atoms with E-state index in [2.05, 4.69) is 25.6 Å². The normalized spacial score (nSPS) is 25.2. The molecule has 9 nitrogen and oxygen atoms in total. The van der Waals surface area contributed by atoms with Crippen molar-refractivity contribution in [1.82, 2.24) is 20.1 Å². The van der Waals surface area contributed by atoms with E-state index in [0.29, 0.717) is 36.5 Å². The van der Waals surface area contributed by atoms with Crippen LogP contribution in [-0.4, -0.2) is 68.6 Å². The van der Waals surface area contributed by atoms with E-state index in [4.69, 9.17) is 5.10 Å². The van der Waals surface area contributed by atoms with E-state index in [-0.39, 0.29) is 24.6 Å². The van der Waals surface area contributed by atoms with Crippen LogP contribution in [0.1, 0.15) is 43.7 Å². The van der Waals surface area contributed by atoms with Crippen LogP contribution in [0.5, 0.6) is 0 Å². The molecule has 3 aromatic rings. The van der Waals surface area contributed by atoms with E-state index in [1.807, 2.05) is 24.3 Å². The van der Waals surface area contributed by atoms with E-state index < -0.39 is 39.5 Å². The third kappa shape index (κ3) is 5.55. The van der Waals surface area contributed by atoms with Crippen molar-refractivity contribution in [2.24, 2.45) is 10.3 Å². The summed E-state index contributed by atoms with van der Waals surface area (Å²) < 4.78 is 45.7. The van der Waals surface area contributed by atoms with Crippen molar-refractivity contribution in [2.75, 3.05) is 36.5 Å². The molecule has 0 spiro atoms. The first kappa shape index (κ1) is 28.4. The Hall–Kier alpha value is -3.69. The van der Waals surface area contributed by atoms with Crippen LogP contribution in [0.15, 0.2) is 53.2 Å². The van der Waals surface area contributed by atoms with Gasteiger partial charge in [0.15, 0.2) is 11.6 Å². The highest BCUT2D eigenvalue weighted by Crippen LogP contribution is 2.44. The van der Waals surface area contributed by atoms with Gasteiger partial charge in [0.1, 0.15) is 11.7 Å². The van der Waals surface area contributed by atoms with Gasteiger partial charge in [-0.1, -0.05) is 12.1 Å². The molecule has 2 aliphatic carbocycles. The van der Waals surface area contributed by atoms with E-state index in [1.54, 1.807) is 13.2 Å². The second-order valence-corrected chi connectivity index (χ2v) is 14.6. The second-order valence-electron chi connectivity index (χ2n) is 11.5. The number of hydrogen-bond donors (Lipinski definition) is 3. The summed E-state index contributed by atoms with van der Waals surface area (Å²) >= 11 is 0. The molecule has 2 N–H and O–H groups in total. The Bertz CT molecular complexity index is 1570. The van der Waals surface area contributed by atoms with E-state index >= 15 is 0 Å². The lowest BCUT2D eigenvalue weighted by Crippen LogP contribution is -2.44.